The van der Waals surface area contributed by atoms with Crippen molar-refractivity contribution < 1.29 is 27.8 Å². The Hall–Kier alpha value is -2.25. The summed E-state index contributed by atoms with van der Waals surface area (Å²) in [7, 11) is 1.16. The number of esters is 1. The first kappa shape index (κ1) is 14.2. The number of benzene rings is 1. The zero-order chi connectivity index (χ0) is 14.9. The molecule has 0 bridgehead atoms. The molecular formula is C12H11F3N2O3. The van der Waals surface area contributed by atoms with Crippen molar-refractivity contribution in [3.05, 3.63) is 24.0 Å². The van der Waals surface area contributed by atoms with E-state index in [1.54, 1.807) is 0 Å². The van der Waals surface area contributed by atoms with Crippen molar-refractivity contribution in [2.45, 2.75) is 19.1 Å². The summed E-state index contributed by atoms with van der Waals surface area (Å²) in [5.74, 6) is -1.90. The number of phenolic OH excluding ortho intramolecular Hbond substituents is 1. The Bertz CT molecular complexity index is 649. The van der Waals surface area contributed by atoms with Gasteiger partial charge in [-0.15, -0.1) is 0 Å². The van der Waals surface area contributed by atoms with E-state index >= 15 is 0 Å². The van der Waals surface area contributed by atoms with Crippen LogP contribution in [-0.4, -0.2) is 27.7 Å². The topological polar surface area (TPSA) is 64.4 Å². The summed E-state index contributed by atoms with van der Waals surface area (Å²) in [6.07, 6.45) is -4.85. The highest BCUT2D eigenvalue weighted by Crippen LogP contribution is 2.32. The molecule has 0 saturated heterocycles. The van der Waals surface area contributed by atoms with Crippen LogP contribution in [0.1, 0.15) is 12.2 Å². The van der Waals surface area contributed by atoms with Gasteiger partial charge >= 0.3 is 12.1 Å². The van der Waals surface area contributed by atoms with Gasteiger partial charge < -0.3 is 14.4 Å². The normalized spacial score (nSPS) is 11.8. The summed E-state index contributed by atoms with van der Waals surface area (Å²) in [6, 6.07) is 3.72. The molecule has 1 aromatic heterocycles. The highest BCUT2D eigenvalue weighted by molar-refractivity contribution is 5.78. The molecule has 0 unspecified atom stereocenters. The van der Waals surface area contributed by atoms with Crippen LogP contribution < -0.4 is 0 Å². The summed E-state index contributed by atoms with van der Waals surface area (Å²) in [5, 5.41) is 9.28. The zero-order valence-electron chi connectivity index (χ0n) is 10.4. The number of aromatic hydroxyl groups is 1. The van der Waals surface area contributed by atoms with E-state index in [4.69, 9.17) is 0 Å². The SMILES string of the molecule is COC(=O)CCn1c(C(F)(F)F)nc2cc(O)ccc21. The monoisotopic (exact) mass is 288 g/mol. The number of nitrogens with zero attached hydrogens (tertiary/aromatic N) is 2. The van der Waals surface area contributed by atoms with E-state index < -0.39 is 18.0 Å². The quantitative estimate of drug-likeness (QED) is 0.880. The lowest BCUT2D eigenvalue weighted by Gasteiger charge is -2.10. The number of ether oxygens (including phenoxy) is 1. The minimum Gasteiger partial charge on any atom is -0.508 e. The molecule has 1 N–H and O–H groups in total. The fourth-order valence-electron chi connectivity index (χ4n) is 1.87. The van der Waals surface area contributed by atoms with Gasteiger partial charge in [0, 0.05) is 12.6 Å². The third-order valence-corrected chi connectivity index (χ3v) is 2.75. The summed E-state index contributed by atoms with van der Waals surface area (Å²) < 4.78 is 44.1. The minimum atomic E-state index is -4.65. The molecule has 0 aliphatic rings. The second kappa shape index (κ2) is 5.03. The van der Waals surface area contributed by atoms with Gasteiger partial charge in [-0.3, -0.25) is 4.79 Å². The van der Waals surface area contributed by atoms with Crippen molar-refractivity contribution in [3.8, 4) is 5.75 Å². The predicted octanol–water partition coefficient (Wildman–Crippen LogP) is 2.32. The van der Waals surface area contributed by atoms with Crippen LogP contribution in [0.4, 0.5) is 13.2 Å². The van der Waals surface area contributed by atoms with Crippen LogP contribution in [0, 0.1) is 0 Å². The molecule has 1 heterocycles. The first-order valence-electron chi connectivity index (χ1n) is 5.66. The maximum absolute atomic E-state index is 12.9. The number of hydrogen-bond acceptors (Lipinski definition) is 4. The fourth-order valence-corrected chi connectivity index (χ4v) is 1.87. The number of carbonyl (C=O) groups excluding carboxylic acids is 1. The lowest BCUT2D eigenvalue weighted by atomic mass is 10.3. The summed E-state index contributed by atoms with van der Waals surface area (Å²) in [5.41, 5.74) is 0.209. The van der Waals surface area contributed by atoms with Gasteiger partial charge in [0.2, 0.25) is 5.82 Å². The second-order valence-corrected chi connectivity index (χ2v) is 4.08. The number of aromatic nitrogens is 2. The van der Waals surface area contributed by atoms with Gasteiger partial charge in [0.05, 0.1) is 24.6 Å². The summed E-state index contributed by atoms with van der Waals surface area (Å²) in [6.45, 7) is -0.206. The van der Waals surface area contributed by atoms with Crippen LogP contribution in [0.15, 0.2) is 18.2 Å². The fraction of sp³-hybridized carbons (Fsp3) is 0.333. The summed E-state index contributed by atoms with van der Waals surface area (Å²) in [4.78, 5) is 14.6. The Morgan fingerprint density at radius 1 is 1.45 bits per heavy atom. The van der Waals surface area contributed by atoms with Crippen molar-refractivity contribution in [2.75, 3.05) is 7.11 Å². The van der Waals surface area contributed by atoms with Crippen LogP contribution in [0.2, 0.25) is 0 Å². The van der Waals surface area contributed by atoms with Crippen molar-refractivity contribution in [1.82, 2.24) is 9.55 Å². The van der Waals surface area contributed by atoms with Gasteiger partial charge in [-0.05, 0) is 12.1 Å². The molecule has 0 fully saturated rings. The molecule has 108 valence electrons. The number of aryl methyl sites for hydroxylation is 1. The Morgan fingerprint density at radius 3 is 2.75 bits per heavy atom. The van der Waals surface area contributed by atoms with E-state index in [1.165, 1.54) is 12.1 Å². The standard InChI is InChI=1S/C12H11F3N2O3/c1-20-10(19)4-5-17-9-3-2-7(18)6-8(9)16-11(17)12(13,14)15/h2-3,6,18H,4-5H2,1H3. The Labute approximate surface area is 111 Å². The zero-order valence-corrected chi connectivity index (χ0v) is 10.4. The average Bonchev–Trinajstić information content (AvgIpc) is 2.73. The van der Waals surface area contributed by atoms with Gasteiger partial charge in [-0.1, -0.05) is 0 Å². The number of carbonyl (C=O) groups is 1. The molecule has 0 spiro atoms. The minimum absolute atomic E-state index is 0.0159. The molecular weight excluding hydrogens is 277 g/mol. The van der Waals surface area contributed by atoms with E-state index in [9.17, 15) is 23.1 Å². The number of hydrogen-bond donors (Lipinski definition) is 1. The smallest absolute Gasteiger partial charge is 0.449 e. The molecule has 0 amide bonds. The number of rotatable bonds is 3. The van der Waals surface area contributed by atoms with E-state index in [-0.39, 0.29) is 29.7 Å². The maximum Gasteiger partial charge on any atom is 0.449 e. The molecule has 0 atom stereocenters. The Balaban J connectivity index is 2.50. The molecule has 2 rings (SSSR count). The lowest BCUT2D eigenvalue weighted by molar-refractivity contribution is -0.148. The lowest BCUT2D eigenvalue weighted by Crippen LogP contribution is -2.17. The number of imidazole rings is 1. The van der Waals surface area contributed by atoms with Crippen molar-refractivity contribution in [2.24, 2.45) is 0 Å². The molecule has 0 saturated carbocycles. The average molecular weight is 288 g/mol. The van der Waals surface area contributed by atoms with Crippen LogP contribution in [0.5, 0.6) is 5.75 Å². The third-order valence-electron chi connectivity index (χ3n) is 2.75. The van der Waals surface area contributed by atoms with Gasteiger partial charge in [-0.25, -0.2) is 4.98 Å². The van der Waals surface area contributed by atoms with Crippen LogP contribution in [0.3, 0.4) is 0 Å². The summed E-state index contributed by atoms with van der Waals surface area (Å²) >= 11 is 0. The second-order valence-electron chi connectivity index (χ2n) is 4.08. The van der Waals surface area contributed by atoms with Gasteiger partial charge in [0.25, 0.3) is 0 Å². The van der Waals surface area contributed by atoms with Gasteiger partial charge in [-0.2, -0.15) is 13.2 Å². The van der Waals surface area contributed by atoms with Crippen LogP contribution in [-0.2, 0) is 22.3 Å². The number of fused-ring (bicyclic) bond motifs is 1. The first-order chi connectivity index (χ1) is 9.32. The largest absolute Gasteiger partial charge is 0.508 e. The first-order valence-corrected chi connectivity index (χ1v) is 5.66. The molecule has 0 aliphatic carbocycles. The number of alkyl halides is 3. The van der Waals surface area contributed by atoms with Crippen molar-refractivity contribution >= 4 is 17.0 Å². The van der Waals surface area contributed by atoms with E-state index in [0.717, 1.165) is 17.7 Å². The molecule has 1 aromatic carbocycles. The Morgan fingerprint density at radius 2 is 2.15 bits per heavy atom. The number of phenols is 1. The van der Waals surface area contributed by atoms with Gasteiger partial charge in [0.15, 0.2) is 0 Å². The van der Waals surface area contributed by atoms with Crippen LogP contribution >= 0.6 is 0 Å². The van der Waals surface area contributed by atoms with Crippen LogP contribution in [0.25, 0.3) is 11.0 Å². The maximum atomic E-state index is 12.9. The molecule has 0 radical (unpaired) electrons. The molecule has 0 aliphatic heterocycles. The number of methoxy groups -OCH3 is 1. The molecule has 20 heavy (non-hydrogen) atoms. The molecule has 8 heteroatoms. The molecule has 2 aromatic rings. The Kier molecular flexibility index (Phi) is 3.56. The van der Waals surface area contributed by atoms with E-state index in [2.05, 4.69) is 9.72 Å². The number of halogens is 3. The van der Waals surface area contributed by atoms with Crippen molar-refractivity contribution in [1.29, 1.82) is 0 Å². The highest BCUT2D eigenvalue weighted by atomic mass is 19.4. The third kappa shape index (κ3) is 2.68. The van der Waals surface area contributed by atoms with E-state index in [1.807, 2.05) is 0 Å². The van der Waals surface area contributed by atoms with E-state index in [0.29, 0.717) is 0 Å². The molecule has 5 nitrogen and oxygen atoms in total. The van der Waals surface area contributed by atoms with Gasteiger partial charge in [0.1, 0.15) is 5.75 Å². The van der Waals surface area contributed by atoms with Crippen molar-refractivity contribution in [3.63, 3.8) is 0 Å². The highest BCUT2D eigenvalue weighted by Gasteiger charge is 2.37. The predicted molar refractivity (Wildman–Crippen MR) is 63.0 cm³/mol.